The van der Waals surface area contributed by atoms with Gasteiger partial charge in [-0.15, -0.1) is 0 Å². The molecule has 3 N–H and O–H groups in total. The Bertz CT molecular complexity index is 394. The summed E-state index contributed by atoms with van der Waals surface area (Å²) in [6.07, 6.45) is -0.501. The molecule has 0 radical (unpaired) electrons. The van der Waals surface area contributed by atoms with Crippen LogP contribution in [0.25, 0.3) is 0 Å². The fraction of sp³-hybridized carbons (Fsp3) is 0.600. The van der Waals surface area contributed by atoms with Crippen molar-refractivity contribution in [2.45, 2.75) is 46.8 Å². The fourth-order valence-electron chi connectivity index (χ4n) is 1.56. The van der Waals surface area contributed by atoms with Crippen LogP contribution in [0, 0.1) is 12.3 Å². The SMILES string of the molecule is Cc1ccc(C(C)N)c(OCC(O)C(C)(C)C)c1. The third-order valence-corrected chi connectivity index (χ3v) is 3.06. The number of ether oxygens (including phenoxy) is 1. The molecule has 18 heavy (non-hydrogen) atoms. The van der Waals surface area contributed by atoms with Gasteiger partial charge in [-0.05, 0) is 30.9 Å². The third kappa shape index (κ3) is 4.00. The highest BCUT2D eigenvalue weighted by molar-refractivity contribution is 5.38. The molecule has 0 fully saturated rings. The number of aryl methyl sites for hydroxylation is 1. The van der Waals surface area contributed by atoms with Crippen molar-refractivity contribution in [3.05, 3.63) is 29.3 Å². The summed E-state index contributed by atoms with van der Waals surface area (Å²) in [6, 6.07) is 5.89. The Hall–Kier alpha value is -1.06. The molecule has 0 heterocycles. The molecule has 3 heteroatoms. The van der Waals surface area contributed by atoms with Crippen molar-refractivity contribution in [3.8, 4) is 5.75 Å². The van der Waals surface area contributed by atoms with E-state index in [9.17, 15) is 5.11 Å². The molecule has 0 aliphatic heterocycles. The minimum absolute atomic E-state index is 0.0765. The van der Waals surface area contributed by atoms with Crippen molar-refractivity contribution in [3.63, 3.8) is 0 Å². The van der Waals surface area contributed by atoms with Crippen molar-refractivity contribution in [2.75, 3.05) is 6.61 Å². The average molecular weight is 251 g/mol. The van der Waals surface area contributed by atoms with Crippen LogP contribution in [0.15, 0.2) is 18.2 Å². The van der Waals surface area contributed by atoms with Crippen LogP contribution in [0.3, 0.4) is 0 Å². The molecule has 0 saturated heterocycles. The summed E-state index contributed by atoms with van der Waals surface area (Å²) < 4.78 is 5.74. The van der Waals surface area contributed by atoms with Gasteiger partial charge in [0, 0.05) is 11.6 Å². The maximum absolute atomic E-state index is 9.99. The van der Waals surface area contributed by atoms with Gasteiger partial charge in [-0.2, -0.15) is 0 Å². The lowest BCUT2D eigenvalue weighted by molar-refractivity contribution is 0.0214. The fourth-order valence-corrected chi connectivity index (χ4v) is 1.56. The lowest BCUT2D eigenvalue weighted by atomic mass is 9.90. The molecule has 2 unspecified atom stereocenters. The standard InChI is InChI=1S/C15H25NO2/c1-10-6-7-12(11(2)16)13(8-10)18-9-14(17)15(3,4)5/h6-8,11,14,17H,9,16H2,1-5H3. The molecule has 102 valence electrons. The highest BCUT2D eigenvalue weighted by atomic mass is 16.5. The van der Waals surface area contributed by atoms with Crippen LogP contribution in [-0.4, -0.2) is 17.8 Å². The first-order valence-electron chi connectivity index (χ1n) is 6.39. The topological polar surface area (TPSA) is 55.5 Å². The summed E-state index contributed by atoms with van der Waals surface area (Å²) in [5.41, 5.74) is 7.83. The van der Waals surface area contributed by atoms with Gasteiger partial charge in [-0.3, -0.25) is 0 Å². The van der Waals surface area contributed by atoms with E-state index in [0.717, 1.165) is 16.9 Å². The van der Waals surface area contributed by atoms with E-state index < -0.39 is 6.10 Å². The van der Waals surface area contributed by atoms with Crippen molar-refractivity contribution in [2.24, 2.45) is 11.1 Å². The smallest absolute Gasteiger partial charge is 0.124 e. The summed E-state index contributed by atoms with van der Waals surface area (Å²) in [4.78, 5) is 0. The van der Waals surface area contributed by atoms with Gasteiger partial charge in [0.05, 0.1) is 6.10 Å². The number of aliphatic hydroxyl groups excluding tert-OH is 1. The molecule has 0 aliphatic carbocycles. The van der Waals surface area contributed by atoms with Crippen LogP contribution in [-0.2, 0) is 0 Å². The lowest BCUT2D eigenvalue weighted by Crippen LogP contribution is -2.32. The van der Waals surface area contributed by atoms with Gasteiger partial charge in [-0.25, -0.2) is 0 Å². The molecular weight excluding hydrogens is 226 g/mol. The van der Waals surface area contributed by atoms with Crippen LogP contribution < -0.4 is 10.5 Å². The number of hydrogen-bond donors (Lipinski definition) is 2. The maximum atomic E-state index is 9.99. The van der Waals surface area contributed by atoms with E-state index in [1.54, 1.807) is 0 Å². The van der Waals surface area contributed by atoms with Crippen molar-refractivity contribution >= 4 is 0 Å². The van der Waals surface area contributed by atoms with Crippen LogP contribution >= 0.6 is 0 Å². The third-order valence-electron chi connectivity index (χ3n) is 3.06. The van der Waals surface area contributed by atoms with Gasteiger partial charge in [0.25, 0.3) is 0 Å². The minimum Gasteiger partial charge on any atom is -0.491 e. The minimum atomic E-state index is -0.501. The Morgan fingerprint density at radius 3 is 2.44 bits per heavy atom. The van der Waals surface area contributed by atoms with Gasteiger partial charge < -0.3 is 15.6 Å². The molecule has 2 atom stereocenters. The molecule has 0 aliphatic rings. The number of rotatable bonds is 4. The first kappa shape index (κ1) is 15.0. The second kappa shape index (κ2) is 5.72. The molecule has 0 saturated carbocycles. The van der Waals surface area contributed by atoms with Crippen LogP contribution in [0.2, 0.25) is 0 Å². The van der Waals surface area contributed by atoms with Crippen LogP contribution in [0.4, 0.5) is 0 Å². The normalized spacial score (nSPS) is 15.3. The van der Waals surface area contributed by atoms with Crippen molar-refractivity contribution in [1.29, 1.82) is 0 Å². The first-order chi connectivity index (χ1) is 8.21. The van der Waals surface area contributed by atoms with Gasteiger partial charge in [-0.1, -0.05) is 32.9 Å². The second-order valence-electron chi connectivity index (χ2n) is 6.02. The number of hydrogen-bond acceptors (Lipinski definition) is 3. The zero-order chi connectivity index (χ0) is 13.9. The molecule has 3 nitrogen and oxygen atoms in total. The number of benzene rings is 1. The van der Waals surface area contributed by atoms with Gasteiger partial charge in [0.1, 0.15) is 12.4 Å². The van der Waals surface area contributed by atoms with E-state index >= 15 is 0 Å². The Morgan fingerprint density at radius 2 is 1.94 bits per heavy atom. The molecule has 1 aromatic rings. The van der Waals surface area contributed by atoms with E-state index in [-0.39, 0.29) is 18.1 Å². The molecule has 1 aromatic carbocycles. The molecule has 0 amide bonds. The monoisotopic (exact) mass is 251 g/mol. The molecule has 0 bridgehead atoms. The lowest BCUT2D eigenvalue weighted by Gasteiger charge is -2.26. The van der Waals surface area contributed by atoms with Gasteiger partial charge >= 0.3 is 0 Å². The first-order valence-corrected chi connectivity index (χ1v) is 6.39. The highest BCUT2D eigenvalue weighted by Gasteiger charge is 2.23. The largest absolute Gasteiger partial charge is 0.491 e. The second-order valence-corrected chi connectivity index (χ2v) is 6.02. The Labute approximate surface area is 110 Å². The Balaban J connectivity index is 2.81. The summed E-state index contributed by atoms with van der Waals surface area (Å²) in [7, 11) is 0. The summed E-state index contributed by atoms with van der Waals surface area (Å²) >= 11 is 0. The van der Waals surface area contributed by atoms with Gasteiger partial charge in [0.15, 0.2) is 0 Å². The van der Waals surface area contributed by atoms with Gasteiger partial charge in [0.2, 0.25) is 0 Å². The molecule has 1 rings (SSSR count). The highest BCUT2D eigenvalue weighted by Crippen LogP contribution is 2.26. The zero-order valence-electron chi connectivity index (χ0n) is 12.0. The van der Waals surface area contributed by atoms with E-state index in [4.69, 9.17) is 10.5 Å². The Kier molecular flexibility index (Phi) is 4.77. The van der Waals surface area contributed by atoms with E-state index in [1.807, 2.05) is 52.8 Å². The van der Waals surface area contributed by atoms with Crippen LogP contribution in [0.5, 0.6) is 5.75 Å². The average Bonchev–Trinajstić information content (AvgIpc) is 2.24. The van der Waals surface area contributed by atoms with E-state index in [2.05, 4.69) is 0 Å². The predicted molar refractivity (Wildman–Crippen MR) is 74.7 cm³/mol. The summed E-state index contributed by atoms with van der Waals surface area (Å²) in [5.74, 6) is 0.772. The zero-order valence-corrected chi connectivity index (χ0v) is 12.0. The number of nitrogens with two attached hydrogens (primary N) is 1. The summed E-state index contributed by atoms with van der Waals surface area (Å²) in [6.45, 7) is 10.2. The molecule has 0 aromatic heterocycles. The van der Waals surface area contributed by atoms with E-state index in [1.165, 1.54) is 0 Å². The Morgan fingerprint density at radius 1 is 1.33 bits per heavy atom. The van der Waals surface area contributed by atoms with Crippen LogP contribution in [0.1, 0.15) is 44.9 Å². The maximum Gasteiger partial charge on any atom is 0.124 e. The molecular formula is C15H25NO2. The predicted octanol–water partition coefficient (Wildman–Crippen LogP) is 2.80. The quantitative estimate of drug-likeness (QED) is 0.865. The molecule has 0 spiro atoms. The number of aliphatic hydroxyl groups is 1. The van der Waals surface area contributed by atoms with Crippen molar-refractivity contribution < 1.29 is 9.84 Å². The summed E-state index contributed by atoms with van der Waals surface area (Å²) in [5, 5.41) is 9.99. The van der Waals surface area contributed by atoms with Crippen molar-refractivity contribution in [1.82, 2.24) is 0 Å². The van der Waals surface area contributed by atoms with E-state index in [0.29, 0.717) is 0 Å².